The first kappa shape index (κ1) is 17.3. The van der Waals surface area contributed by atoms with E-state index in [0.717, 1.165) is 12.1 Å². The minimum atomic E-state index is -1.55. The molecule has 0 bridgehead atoms. The Morgan fingerprint density at radius 3 is 2.33 bits per heavy atom. The monoisotopic (exact) mass is 304 g/mol. The lowest BCUT2D eigenvalue weighted by Crippen LogP contribution is -2.37. The van der Waals surface area contributed by atoms with Gasteiger partial charge in [0, 0.05) is 19.6 Å². The third-order valence-electron chi connectivity index (χ3n) is 3.09. The normalized spacial score (nSPS) is 12.5. The second-order valence-electron chi connectivity index (χ2n) is 5.18. The van der Waals surface area contributed by atoms with Gasteiger partial charge in [0.05, 0.1) is 11.6 Å². The van der Waals surface area contributed by atoms with Gasteiger partial charge >= 0.3 is 5.97 Å². The Morgan fingerprint density at radius 1 is 1.19 bits per heavy atom. The van der Waals surface area contributed by atoms with Gasteiger partial charge in [-0.1, -0.05) is 6.92 Å². The fourth-order valence-corrected chi connectivity index (χ4v) is 1.80. The second kappa shape index (κ2) is 7.31. The number of hydrogen-bond acceptors (Lipinski definition) is 3. The standard InChI is InChI=1S/C14H19F3N2O2/c1-9(14(20)21)8-19(7-6-18(2)3)11-5-4-10(15)12(16)13(11)17/h4-5,9H,6-8H2,1-3H3,(H,20,21). The Hall–Kier alpha value is -1.76. The molecule has 0 radical (unpaired) electrons. The highest BCUT2D eigenvalue weighted by atomic mass is 19.2. The van der Waals surface area contributed by atoms with Crippen LogP contribution in [-0.2, 0) is 4.79 Å². The highest BCUT2D eigenvalue weighted by Crippen LogP contribution is 2.24. The van der Waals surface area contributed by atoms with Crippen LogP contribution in [0.1, 0.15) is 6.92 Å². The lowest BCUT2D eigenvalue weighted by molar-refractivity contribution is -0.140. The van der Waals surface area contributed by atoms with E-state index in [9.17, 15) is 18.0 Å². The van der Waals surface area contributed by atoms with Crippen LogP contribution in [0.25, 0.3) is 0 Å². The van der Waals surface area contributed by atoms with Gasteiger partial charge in [0.1, 0.15) is 0 Å². The maximum atomic E-state index is 13.9. The smallest absolute Gasteiger partial charge is 0.308 e. The molecule has 1 aromatic carbocycles. The first-order valence-corrected chi connectivity index (χ1v) is 6.50. The molecule has 0 fully saturated rings. The van der Waals surface area contributed by atoms with Crippen molar-refractivity contribution in [1.82, 2.24) is 4.90 Å². The first-order valence-electron chi connectivity index (χ1n) is 6.50. The summed E-state index contributed by atoms with van der Waals surface area (Å²) >= 11 is 0. The number of rotatable bonds is 7. The lowest BCUT2D eigenvalue weighted by atomic mass is 10.1. The van der Waals surface area contributed by atoms with Crippen LogP contribution in [0.3, 0.4) is 0 Å². The van der Waals surface area contributed by atoms with Crippen molar-refractivity contribution in [3.8, 4) is 0 Å². The van der Waals surface area contributed by atoms with Crippen LogP contribution in [0.4, 0.5) is 18.9 Å². The molecule has 7 heteroatoms. The molecule has 1 rings (SSSR count). The van der Waals surface area contributed by atoms with Crippen LogP contribution < -0.4 is 4.90 Å². The number of carbonyl (C=O) groups is 1. The van der Waals surface area contributed by atoms with Gasteiger partial charge in [-0.25, -0.2) is 13.2 Å². The Balaban J connectivity index is 3.05. The van der Waals surface area contributed by atoms with Crippen molar-refractivity contribution < 1.29 is 23.1 Å². The van der Waals surface area contributed by atoms with Crippen molar-refractivity contribution >= 4 is 11.7 Å². The summed E-state index contributed by atoms with van der Waals surface area (Å²) < 4.78 is 40.2. The van der Waals surface area contributed by atoms with Crippen molar-refractivity contribution in [2.45, 2.75) is 6.92 Å². The maximum absolute atomic E-state index is 13.9. The Kier molecular flexibility index (Phi) is 6.02. The highest BCUT2D eigenvalue weighted by Gasteiger charge is 2.22. The summed E-state index contributed by atoms with van der Waals surface area (Å²) in [4.78, 5) is 14.2. The van der Waals surface area contributed by atoms with Crippen LogP contribution in [0, 0.1) is 23.4 Å². The van der Waals surface area contributed by atoms with Gasteiger partial charge in [0.2, 0.25) is 0 Å². The SMILES string of the molecule is CC(CN(CCN(C)C)c1ccc(F)c(F)c1F)C(=O)O. The molecule has 0 spiro atoms. The fraction of sp³-hybridized carbons (Fsp3) is 0.500. The first-order chi connectivity index (χ1) is 9.73. The topological polar surface area (TPSA) is 43.8 Å². The number of aliphatic carboxylic acids is 1. The molecule has 0 aliphatic carbocycles. The molecule has 1 atom stereocenters. The van der Waals surface area contributed by atoms with Gasteiger partial charge in [-0.15, -0.1) is 0 Å². The van der Waals surface area contributed by atoms with E-state index in [1.54, 1.807) is 14.1 Å². The molecule has 0 aliphatic heterocycles. The predicted molar refractivity (Wildman–Crippen MR) is 73.9 cm³/mol. The molecule has 1 aromatic rings. The summed E-state index contributed by atoms with van der Waals surface area (Å²) in [6.45, 7) is 2.30. The molecule has 1 N–H and O–H groups in total. The van der Waals surface area contributed by atoms with Gasteiger partial charge in [-0.2, -0.15) is 0 Å². The molecule has 0 heterocycles. The summed E-state index contributed by atoms with van der Waals surface area (Å²) in [5.74, 6) is -5.92. The highest BCUT2D eigenvalue weighted by molar-refractivity contribution is 5.70. The molecule has 21 heavy (non-hydrogen) atoms. The van der Waals surface area contributed by atoms with Crippen LogP contribution in [0.5, 0.6) is 0 Å². The van der Waals surface area contributed by atoms with Gasteiger partial charge < -0.3 is 14.9 Å². The molecule has 1 unspecified atom stereocenters. The minimum Gasteiger partial charge on any atom is -0.481 e. The average Bonchev–Trinajstić information content (AvgIpc) is 2.41. The van der Waals surface area contributed by atoms with Crippen LogP contribution in [0.2, 0.25) is 0 Å². The largest absolute Gasteiger partial charge is 0.481 e. The lowest BCUT2D eigenvalue weighted by Gasteiger charge is -2.28. The zero-order valence-corrected chi connectivity index (χ0v) is 12.2. The zero-order valence-electron chi connectivity index (χ0n) is 12.2. The Morgan fingerprint density at radius 2 is 1.81 bits per heavy atom. The third kappa shape index (κ3) is 4.63. The molecule has 0 saturated heterocycles. The van der Waals surface area contributed by atoms with Crippen molar-refractivity contribution in [3.05, 3.63) is 29.6 Å². The van der Waals surface area contributed by atoms with E-state index in [-0.39, 0.29) is 12.2 Å². The quantitative estimate of drug-likeness (QED) is 0.784. The van der Waals surface area contributed by atoms with Gasteiger partial charge in [-0.05, 0) is 26.2 Å². The molecule has 0 saturated carbocycles. The number of halogens is 3. The van der Waals surface area contributed by atoms with Crippen molar-refractivity contribution in [1.29, 1.82) is 0 Å². The van der Waals surface area contributed by atoms with E-state index in [4.69, 9.17) is 5.11 Å². The van der Waals surface area contributed by atoms with Crippen molar-refractivity contribution in [3.63, 3.8) is 0 Å². The van der Waals surface area contributed by atoms with Gasteiger partial charge in [0.25, 0.3) is 0 Å². The minimum absolute atomic E-state index is 0.00512. The van der Waals surface area contributed by atoms with Crippen molar-refractivity contribution in [2.75, 3.05) is 38.6 Å². The van der Waals surface area contributed by atoms with Crippen LogP contribution in [-0.4, -0.2) is 49.7 Å². The molecule has 0 amide bonds. The Bertz CT molecular complexity index is 509. The summed E-state index contributed by atoms with van der Waals surface area (Å²) in [6.07, 6.45) is 0. The third-order valence-corrected chi connectivity index (χ3v) is 3.09. The summed E-state index contributed by atoms with van der Waals surface area (Å²) in [7, 11) is 3.61. The van der Waals surface area contributed by atoms with Crippen LogP contribution >= 0.6 is 0 Å². The second-order valence-corrected chi connectivity index (χ2v) is 5.18. The average molecular weight is 304 g/mol. The number of anilines is 1. The number of likely N-dealkylation sites (N-methyl/N-ethyl adjacent to an activating group) is 1. The van der Waals surface area contributed by atoms with E-state index in [1.165, 1.54) is 11.8 Å². The maximum Gasteiger partial charge on any atom is 0.308 e. The summed E-state index contributed by atoms with van der Waals surface area (Å²) in [5.41, 5.74) is -0.135. The van der Waals surface area contributed by atoms with E-state index in [1.807, 2.05) is 4.90 Å². The van der Waals surface area contributed by atoms with Crippen molar-refractivity contribution in [2.24, 2.45) is 5.92 Å². The number of hydrogen-bond donors (Lipinski definition) is 1. The predicted octanol–water partition coefficient (Wildman–Crippen LogP) is 2.19. The number of carboxylic acids is 1. The van der Waals surface area contributed by atoms with Crippen LogP contribution in [0.15, 0.2) is 12.1 Å². The number of benzene rings is 1. The van der Waals surface area contributed by atoms with Gasteiger partial charge in [-0.3, -0.25) is 4.79 Å². The van der Waals surface area contributed by atoms with E-state index >= 15 is 0 Å². The zero-order chi connectivity index (χ0) is 16.2. The molecular formula is C14H19F3N2O2. The summed E-state index contributed by atoms with van der Waals surface area (Å²) in [5, 5.41) is 8.96. The molecular weight excluding hydrogens is 285 g/mol. The molecule has 118 valence electrons. The van der Waals surface area contributed by atoms with E-state index < -0.39 is 29.3 Å². The Labute approximate surface area is 121 Å². The molecule has 0 aromatic heterocycles. The number of carboxylic acid groups (broad SMARTS) is 1. The van der Waals surface area contributed by atoms with E-state index in [0.29, 0.717) is 13.1 Å². The summed E-state index contributed by atoms with van der Waals surface area (Å²) in [6, 6.07) is 1.96. The fourth-order valence-electron chi connectivity index (χ4n) is 1.80. The number of nitrogens with zero attached hydrogens (tertiary/aromatic N) is 2. The van der Waals surface area contributed by atoms with E-state index in [2.05, 4.69) is 0 Å². The molecule has 0 aliphatic rings. The molecule has 4 nitrogen and oxygen atoms in total. The van der Waals surface area contributed by atoms with Gasteiger partial charge in [0.15, 0.2) is 17.5 Å².